The molecule has 1 aromatic heterocycles. The van der Waals surface area contributed by atoms with Crippen molar-refractivity contribution in [3.63, 3.8) is 0 Å². The maximum Gasteiger partial charge on any atom is 0.204 e. The average Bonchev–Trinajstić information content (AvgIpc) is 2.28. The summed E-state index contributed by atoms with van der Waals surface area (Å²) in [6.45, 7) is 0. The third-order valence-electron chi connectivity index (χ3n) is 0.970. The largest absolute Gasteiger partial charge is 0.229 e. The lowest BCUT2D eigenvalue weighted by Gasteiger charge is -1.93. The molecule has 0 radical (unpaired) electrons. The number of aromatic nitrogens is 1. The van der Waals surface area contributed by atoms with Crippen LogP contribution in [0.25, 0.3) is 0 Å². The molecule has 58 valence electrons. The van der Waals surface area contributed by atoms with Gasteiger partial charge < -0.3 is 0 Å². The Morgan fingerprint density at radius 3 is 2.64 bits per heavy atom. The highest BCUT2D eigenvalue weighted by Gasteiger charge is 2.15. The van der Waals surface area contributed by atoms with E-state index >= 15 is 0 Å². The maximum absolute atomic E-state index is 12.8. The van der Waals surface area contributed by atoms with Gasteiger partial charge in [0.2, 0.25) is 6.17 Å². The molecule has 5 heteroatoms. The fraction of sp³-hybridized carbons (Fsp3) is 0.167. The fourth-order valence-electron chi connectivity index (χ4n) is 0.523. The van der Waals surface area contributed by atoms with E-state index in [1.54, 1.807) is 0 Å². The van der Waals surface area contributed by atoms with E-state index in [0.717, 1.165) is 0 Å². The van der Waals surface area contributed by atoms with Crippen LogP contribution in [0.3, 0.4) is 0 Å². The normalized spacial score (nSPS) is 12.5. The molecule has 0 aliphatic rings. The molecule has 1 rings (SSSR count). The Bertz CT molecular complexity index is 304. The monoisotopic (exact) mass is 297 g/mol. The number of halogens is 3. The van der Waals surface area contributed by atoms with Crippen LogP contribution in [0.4, 0.5) is 4.39 Å². The molecular weight excluding hydrogens is 297 g/mol. The molecule has 0 aromatic carbocycles. The first kappa shape index (κ1) is 9.17. The summed E-state index contributed by atoms with van der Waals surface area (Å²) in [5.74, 6) is 1.96. The van der Waals surface area contributed by atoms with Crippen molar-refractivity contribution in [1.29, 1.82) is 0 Å². The minimum Gasteiger partial charge on any atom is -0.229 e. The van der Waals surface area contributed by atoms with Gasteiger partial charge >= 0.3 is 0 Å². The van der Waals surface area contributed by atoms with Crippen molar-refractivity contribution in [2.24, 2.45) is 0 Å². The van der Waals surface area contributed by atoms with E-state index in [2.05, 4.69) is 36.8 Å². The number of thiazole rings is 1. The molecule has 0 aliphatic heterocycles. The molecule has 1 aromatic rings. The predicted molar refractivity (Wildman–Crippen MR) is 50.2 cm³/mol. The molecule has 1 atom stereocenters. The molecule has 0 saturated carbocycles. The number of alkyl halides is 1. The van der Waals surface area contributed by atoms with E-state index in [-0.39, 0.29) is 5.69 Å². The fourth-order valence-corrected chi connectivity index (χ4v) is 3.15. The summed E-state index contributed by atoms with van der Waals surface area (Å²) in [6.07, 6.45) is 3.46. The van der Waals surface area contributed by atoms with Crippen LogP contribution in [0.2, 0.25) is 0 Å². The van der Waals surface area contributed by atoms with Crippen LogP contribution in [0.5, 0.6) is 0 Å². The van der Waals surface area contributed by atoms with Crippen molar-refractivity contribution in [1.82, 2.24) is 4.98 Å². The van der Waals surface area contributed by atoms with Crippen LogP contribution in [-0.2, 0) is 0 Å². The van der Waals surface area contributed by atoms with Gasteiger partial charge in [0.1, 0.15) is 5.69 Å². The lowest BCUT2D eigenvalue weighted by molar-refractivity contribution is 0.419. The third kappa shape index (κ3) is 2.01. The number of hydrogen-bond donors (Lipinski definition) is 0. The Kier molecular flexibility index (Phi) is 3.05. The third-order valence-corrected chi connectivity index (χ3v) is 3.17. The average molecular weight is 299 g/mol. The number of nitrogens with zero attached hydrogens (tertiary/aromatic N) is 1. The lowest BCUT2D eigenvalue weighted by Crippen LogP contribution is -1.87. The highest BCUT2D eigenvalue weighted by Crippen LogP contribution is 2.33. The van der Waals surface area contributed by atoms with Crippen LogP contribution < -0.4 is 0 Å². The topological polar surface area (TPSA) is 12.9 Å². The van der Waals surface area contributed by atoms with Crippen molar-refractivity contribution >= 4 is 43.2 Å². The van der Waals surface area contributed by atoms with E-state index in [1.807, 2.05) is 5.92 Å². The molecule has 0 spiro atoms. The number of rotatable bonds is 1. The standard InChI is InChI=1S/C6H2Br2FNS/c1-2-3(9)4-5(7)11-6(8)10-4/h1,3H/t3-/m0/s1. The molecule has 0 N–H and O–H groups in total. The highest BCUT2D eigenvalue weighted by molar-refractivity contribution is 9.12. The van der Waals surface area contributed by atoms with Crippen molar-refractivity contribution in [3.8, 4) is 12.3 Å². The van der Waals surface area contributed by atoms with Crippen LogP contribution >= 0.6 is 43.2 Å². The summed E-state index contributed by atoms with van der Waals surface area (Å²) >= 11 is 7.57. The first-order chi connectivity index (χ1) is 5.15. The zero-order valence-corrected chi connectivity index (χ0v) is 9.13. The van der Waals surface area contributed by atoms with Gasteiger partial charge in [-0.1, -0.05) is 17.3 Å². The van der Waals surface area contributed by atoms with Gasteiger partial charge in [0, 0.05) is 0 Å². The molecule has 0 bridgehead atoms. The molecule has 0 amide bonds. The van der Waals surface area contributed by atoms with Crippen molar-refractivity contribution in [3.05, 3.63) is 13.4 Å². The second-order valence-electron chi connectivity index (χ2n) is 1.65. The second kappa shape index (κ2) is 3.65. The van der Waals surface area contributed by atoms with Gasteiger partial charge in [-0.05, 0) is 31.9 Å². The van der Waals surface area contributed by atoms with E-state index in [9.17, 15) is 4.39 Å². The first-order valence-corrected chi connectivity index (χ1v) is 4.97. The van der Waals surface area contributed by atoms with Gasteiger partial charge in [-0.3, -0.25) is 0 Å². The molecule has 0 unspecified atom stereocenters. The lowest BCUT2D eigenvalue weighted by atomic mass is 10.3. The Hall–Kier alpha value is 0.0800. The number of terminal acetylenes is 1. The summed E-state index contributed by atoms with van der Waals surface area (Å²) in [4.78, 5) is 3.85. The molecule has 0 saturated heterocycles. The predicted octanol–water partition coefficient (Wildman–Crippen LogP) is 3.31. The summed E-state index contributed by atoms with van der Waals surface area (Å²) < 4.78 is 14.1. The minimum absolute atomic E-state index is 0.268. The van der Waals surface area contributed by atoms with Gasteiger partial charge in [0.15, 0.2) is 3.92 Å². The molecule has 0 fully saturated rings. The zero-order chi connectivity index (χ0) is 8.43. The maximum atomic E-state index is 12.8. The zero-order valence-electron chi connectivity index (χ0n) is 5.14. The highest BCUT2D eigenvalue weighted by atomic mass is 79.9. The van der Waals surface area contributed by atoms with Gasteiger partial charge in [0.25, 0.3) is 0 Å². The van der Waals surface area contributed by atoms with E-state index in [0.29, 0.717) is 7.70 Å². The summed E-state index contributed by atoms with van der Waals surface area (Å²) in [7, 11) is 0. The van der Waals surface area contributed by atoms with Crippen molar-refractivity contribution in [2.75, 3.05) is 0 Å². The molecular formula is C6H2Br2FNS. The smallest absolute Gasteiger partial charge is 0.204 e. The van der Waals surface area contributed by atoms with E-state index in [4.69, 9.17) is 6.42 Å². The summed E-state index contributed by atoms with van der Waals surface area (Å²) in [5, 5.41) is 0. The Balaban J connectivity index is 3.05. The Labute approximate surface area is 84.3 Å². The van der Waals surface area contributed by atoms with Gasteiger partial charge in [-0.15, -0.1) is 6.42 Å². The second-order valence-corrected chi connectivity index (χ2v) is 5.25. The molecule has 1 heterocycles. The van der Waals surface area contributed by atoms with E-state index in [1.165, 1.54) is 11.3 Å². The van der Waals surface area contributed by atoms with Crippen LogP contribution in [0.1, 0.15) is 11.9 Å². The Morgan fingerprint density at radius 2 is 2.27 bits per heavy atom. The first-order valence-electron chi connectivity index (χ1n) is 2.57. The van der Waals surface area contributed by atoms with Crippen LogP contribution in [0, 0.1) is 12.3 Å². The van der Waals surface area contributed by atoms with Crippen LogP contribution in [-0.4, -0.2) is 4.98 Å². The van der Waals surface area contributed by atoms with Gasteiger partial charge in [-0.2, -0.15) is 0 Å². The van der Waals surface area contributed by atoms with Crippen LogP contribution in [0.15, 0.2) is 7.70 Å². The molecule has 11 heavy (non-hydrogen) atoms. The van der Waals surface area contributed by atoms with Gasteiger partial charge in [-0.25, -0.2) is 9.37 Å². The van der Waals surface area contributed by atoms with Gasteiger partial charge in [0.05, 0.1) is 3.79 Å². The number of hydrogen-bond acceptors (Lipinski definition) is 2. The molecule has 0 aliphatic carbocycles. The minimum atomic E-state index is -1.42. The quantitative estimate of drug-likeness (QED) is 0.725. The Morgan fingerprint density at radius 1 is 1.64 bits per heavy atom. The summed E-state index contributed by atoms with van der Waals surface area (Å²) in [5.41, 5.74) is 0.268. The SMILES string of the molecule is C#C[C@H](F)c1nc(Br)sc1Br. The van der Waals surface area contributed by atoms with E-state index < -0.39 is 6.17 Å². The van der Waals surface area contributed by atoms with Crippen molar-refractivity contribution in [2.45, 2.75) is 6.17 Å². The summed E-state index contributed by atoms with van der Waals surface area (Å²) in [6, 6.07) is 0. The molecule has 1 nitrogen and oxygen atoms in total. The van der Waals surface area contributed by atoms with Crippen molar-refractivity contribution < 1.29 is 4.39 Å².